The smallest absolute Gasteiger partial charge is 0.122 e. The summed E-state index contributed by atoms with van der Waals surface area (Å²) in [5.74, 6) is 1.75. The summed E-state index contributed by atoms with van der Waals surface area (Å²) in [4.78, 5) is 0. The number of rotatable bonds is 6. The normalized spacial score (nSPS) is 25.5. The quantitative estimate of drug-likeness (QED) is 0.845. The summed E-state index contributed by atoms with van der Waals surface area (Å²) < 4.78 is 5.98. The summed E-state index contributed by atoms with van der Waals surface area (Å²) in [7, 11) is 0. The van der Waals surface area contributed by atoms with E-state index in [1.54, 1.807) is 0 Å². The van der Waals surface area contributed by atoms with Crippen LogP contribution in [0.1, 0.15) is 56.6 Å². The molecule has 0 amide bonds. The zero-order valence-electron chi connectivity index (χ0n) is 13.6. The van der Waals surface area contributed by atoms with E-state index < -0.39 is 5.60 Å². The first-order valence-electron chi connectivity index (χ1n) is 8.12. The molecular weight excluding hydrogens is 262 g/mol. The number of aliphatic hydroxyl groups is 1. The molecule has 1 aromatic carbocycles. The third-order valence-electron chi connectivity index (χ3n) is 4.88. The minimum Gasteiger partial charge on any atom is -0.493 e. The number of hydrogen-bond donors (Lipinski definition) is 2. The summed E-state index contributed by atoms with van der Waals surface area (Å²) in [6.07, 6.45) is 3.83. The maximum absolute atomic E-state index is 10.4. The Morgan fingerprint density at radius 3 is 2.86 bits per heavy atom. The molecule has 1 aliphatic carbocycles. The molecule has 1 fully saturated rings. The maximum atomic E-state index is 10.4. The molecule has 21 heavy (non-hydrogen) atoms. The Bertz CT molecular complexity index is 472. The SMILES string of the molecule is Cc1ccc(C(C)C)cc1OCCC1CCCC1(O)CN. The molecule has 0 aromatic heterocycles. The van der Waals surface area contributed by atoms with Gasteiger partial charge in [-0.2, -0.15) is 0 Å². The van der Waals surface area contributed by atoms with Crippen LogP contribution in [0, 0.1) is 12.8 Å². The van der Waals surface area contributed by atoms with Gasteiger partial charge in [0.2, 0.25) is 0 Å². The summed E-state index contributed by atoms with van der Waals surface area (Å²) in [5.41, 5.74) is 7.53. The van der Waals surface area contributed by atoms with Crippen molar-refractivity contribution < 1.29 is 9.84 Å². The van der Waals surface area contributed by atoms with Crippen LogP contribution in [0.15, 0.2) is 18.2 Å². The number of nitrogens with two attached hydrogens (primary N) is 1. The van der Waals surface area contributed by atoms with Crippen molar-refractivity contribution in [1.29, 1.82) is 0 Å². The lowest BCUT2D eigenvalue weighted by molar-refractivity contribution is 0.00352. The van der Waals surface area contributed by atoms with Crippen LogP contribution >= 0.6 is 0 Å². The fourth-order valence-corrected chi connectivity index (χ4v) is 3.25. The van der Waals surface area contributed by atoms with Crippen molar-refractivity contribution in [3.63, 3.8) is 0 Å². The van der Waals surface area contributed by atoms with E-state index in [4.69, 9.17) is 10.5 Å². The Kier molecular flexibility index (Phi) is 5.28. The van der Waals surface area contributed by atoms with Gasteiger partial charge in [-0.25, -0.2) is 0 Å². The highest BCUT2D eigenvalue weighted by Crippen LogP contribution is 2.37. The Labute approximate surface area is 128 Å². The van der Waals surface area contributed by atoms with Gasteiger partial charge in [0, 0.05) is 6.54 Å². The monoisotopic (exact) mass is 291 g/mol. The average molecular weight is 291 g/mol. The highest BCUT2D eigenvalue weighted by Gasteiger charge is 2.39. The fraction of sp³-hybridized carbons (Fsp3) is 0.667. The molecule has 0 spiro atoms. The van der Waals surface area contributed by atoms with Crippen molar-refractivity contribution in [3.05, 3.63) is 29.3 Å². The van der Waals surface area contributed by atoms with Crippen LogP contribution in [0.25, 0.3) is 0 Å². The van der Waals surface area contributed by atoms with Gasteiger partial charge in [0.15, 0.2) is 0 Å². The Morgan fingerprint density at radius 2 is 2.19 bits per heavy atom. The third-order valence-corrected chi connectivity index (χ3v) is 4.88. The van der Waals surface area contributed by atoms with Crippen molar-refractivity contribution in [2.75, 3.05) is 13.2 Å². The van der Waals surface area contributed by atoms with Gasteiger partial charge in [0.25, 0.3) is 0 Å². The molecule has 1 saturated carbocycles. The van der Waals surface area contributed by atoms with Crippen molar-refractivity contribution in [2.45, 2.75) is 58.0 Å². The molecule has 3 N–H and O–H groups in total. The van der Waals surface area contributed by atoms with Gasteiger partial charge in [-0.05, 0) is 55.2 Å². The van der Waals surface area contributed by atoms with E-state index in [-0.39, 0.29) is 5.92 Å². The first kappa shape index (κ1) is 16.3. The maximum Gasteiger partial charge on any atom is 0.122 e. The lowest BCUT2D eigenvalue weighted by Gasteiger charge is -2.28. The zero-order valence-corrected chi connectivity index (χ0v) is 13.6. The predicted molar refractivity (Wildman–Crippen MR) is 86.7 cm³/mol. The van der Waals surface area contributed by atoms with Crippen molar-refractivity contribution in [1.82, 2.24) is 0 Å². The second kappa shape index (κ2) is 6.80. The second-order valence-corrected chi connectivity index (χ2v) is 6.71. The van der Waals surface area contributed by atoms with Crippen molar-refractivity contribution in [3.8, 4) is 5.75 Å². The molecule has 3 nitrogen and oxygen atoms in total. The first-order valence-corrected chi connectivity index (χ1v) is 8.12. The molecule has 0 bridgehead atoms. The predicted octanol–water partition coefficient (Wildman–Crippen LogP) is 3.38. The van der Waals surface area contributed by atoms with E-state index in [1.165, 1.54) is 11.1 Å². The number of aryl methyl sites for hydroxylation is 1. The van der Waals surface area contributed by atoms with Crippen LogP contribution in [0.5, 0.6) is 5.75 Å². The van der Waals surface area contributed by atoms with Crippen molar-refractivity contribution >= 4 is 0 Å². The number of benzene rings is 1. The molecule has 3 heteroatoms. The lowest BCUT2D eigenvalue weighted by atomic mass is 9.88. The summed E-state index contributed by atoms with van der Waals surface area (Å²) in [6.45, 7) is 7.46. The summed E-state index contributed by atoms with van der Waals surface area (Å²) in [6, 6.07) is 6.43. The molecule has 0 radical (unpaired) electrons. The molecule has 1 aromatic rings. The Morgan fingerprint density at radius 1 is 1.43 bits per heavy atom. The highest BCUT2D eigenvalue weighted by molar-refractivity contribution is 5.37. The van der Waals surface area contributed by atoms with Crippen LogP contribution in [0.2, 0.25) is 0 Å². The zero-order chi connectivity index (χ0) is 15.5. The van der Waals surface area contributed by atoms with Gasteiger partial charge < -0.3 is 15.6 Å². The molecule has 2 rings (SSSR count). The van der Waals surface area contributed by atoms with Crippen LogP contribution in [-0.2, 0) is 0 Å². The van der Waals surface area contributed by atoms with Crippen LogP contribution < -0.4 is 10.5 Å². The minimum atomic E-state index is -0.668. The third kappa shape index (κ3) is 3.78. The lowest BCUT2D eigenvalue weighted by Crippen LogP contribution is -2.41. The number of ether oxygens (including phenoxy) is 1. The van der Waals surface area contributed by atoms with E-state index >= 15 is 0 Å². The number of hydrogen-bond acceptors (Lipinski definition) is 3. The van der Waals surface area contributed by atoms with Crippen LogP contribution in [0.3, 0.4) is 0 Å². The molecule has 2 atom stereocenters. The largest absolute Gasteiger partial charge is 0.493 e. The van der Waals surface area contributed by atoms with E-state index in [2.05, 4.69) is 39.0 Å². The molecule has 0 saturated heterocycles. The average Bonchev–Trinajstić information content (AvgIpc) is 2.83. The van der Waals surface area contributed by atoms with Gasteiger partial charge in [-0.15, -0.1) is 0 Å². The van der Waals surface area contributed by atoms with Gasteiger partial charge in [-0.3, -0.25) is 0 Å². The molecule has 2 unspecified atom stereocenters. The Balaban J connectivity index is 1.93. The highest BCUT2D eigenvalue weighted by atomic mass is 16.5. The van der Waals surface area contributed by atoms with Gasteiger partial charge in [0.05, 0.1) is 12.2 Å². The molecule has 0 aliphatic heterocycles. The standard InChI is InChI=1S/C18H29NO2/c1-13(2)15-7-6-14(3)17(11-15)21-10-8-16-5-4-9-18(16,20)12-19/h6-7,11,13,16,20H,4-5,8-10,12,19H2,1-3H3. The minimum absolute atomic E-state index is 0.274. The van der Waals surface area contributed by atoms with Gasteiger partial charge in [0.1, 0.15) is 5.75 Å². The van der Waals surface area contributed by atoms with Crippen molar-refractivity contribution in [2.24, 2.45) is 11.7 Å². The molecule has 118 valence electrons. The Hall–Kier alpha value is -1.06. The fourth-order valence-electron chi connectivity index (χ4n) is 3.25. The molecular formula is C18H29NO2. The van der Waals surface area contributed by atoms with Gasteiger partial charge in [-0.1, -0.05) is 32.4 Å². The second-order valence-electron chi connectivity index (χ2n) is 6.71. The van der Waals surface area contributed by atoms with E-state index in [1.807, 2.05) is 0 Å². The van der Waals surface area contributed by atoms with Gasteiger partial charge >= 0.3 is 0 Å². The van der Waals surface area contributed by atoms with Crippen LogP contribution in [0.4, 0.5) is 0 Å². The molecule has 0 heterocycles. The van der Waals surface area contributed by atoms with E-state index in [9.17, 15) is 5.11 Å². The van der Waals surface area contributed by atoms with Crippen LogP contribution in [-0.4, -0.2) is 23.9 Å². The first-order chi connectivity index (χ1) is 9.96. The summed E-state index contributed by atoms with van der Waals surface area (Å²) >= 11 is 0. The topological polar surface area (TPSA) is 55.5 Å². The summed E-state index contributed by atoms with van der Waals surface area (Å²) in [5, 5.41) is 10.4. The van der Waals surface area contributed by atoms with E-state index in [0.717, 1.165) is 31.4 Å². The molecule has 1 aliphatic rings. The van der Waals surface area contributed by atoms with E-state index in [0.29, 0.717) is 19.1 Å².